The number of fused-ring (bicyclic) bond motifs is 1. The third-order valence-electron chi connectivity index (χ3n) is 5.84. The van der Waals surface area contributed by atoms with E-state index < -0.39 is 0 Å². The van der Waals surface area contributed by atoms with Gasteiger partial charge in [0.25, 0.3) is 0 Å². The number of benzene rings is 3. The van der Waals surface area contributed by atoms with E-state index in [9.17, 15) is 8.78 Å². The third kappa shape index (κ3) is 4.06. The molecule has 1 fully saturated rings. The van der Waals surface area contributed by atoms with Crippen LogP contribution in [0.3, 0.4) is 0 Å². The van der Waals surface area contributed by atoms with Crippen LogP contribution in [0.25, 0.3) is 16.6 Å². The van der Waals surface area contributed by atoms with Crippen LogP contribution in [-0.2, 0) is 11.3 Å². The molecule has 0 spiro atoms. The number of rotatable bonds is 5. The van der Waals surface area contributed by atoms with Crippen LogP contribution in [0, 0.1) is 11.6 Å². The molecule has 0 unspecified atom stereocenters. The fraction of sp³-hybridized carbons (Fsp3) is 0.231. The molecule has 1 aliphatic heterocycles. The molecule has 0 atom stereocenters. The molecule has 2 heterocycles. The van der Waals surface area contributed by atoms with Gasteiger partial charge in [0.05, 0.1) is 5.52 Å². The molecule has 4 aromatic rings. The van der Waals surface area contributed by atoms with Gasteiger partial charge in [0.2, 0.25) is 0 Å². The summed E-state index contributed by atoms with van der Waals surface area (Å²) in [6.07, 6.45) is 1.78. The lowest BCUT2D eigenvalue weighted by molar-refractivity contribution is 0.0842. The summed E-state index contributed by atoms with van der Waals surface area (Å²) >= 11 is 0. The second kappa shape index (κ2) is 8.52. The summed E-state index contributed by atoms with van der Waals surface area (Å²) in [5.41, 5.74) is 3.61. The Labute approximate surface area is 179 Å². The van der Waals surface area contributed by atoms with Crippen LogP contribution >= 0.6 is 0 Å². The second-order valence-electron chi connectivity index (χ2n) is 7.88. The van der Waals surface area contributed by atoms with E-state index in [-0.39, 0.29) is 17.6 Å². The molecular formula is C26H23F2NO2. The van der Waals surface area contributed by atoms with Crippen LogP contribution in [0.15, 0.2) is 72.8 Å². The van der Waals surface area contributed by atoms with E-state index in [1.54, 1.807) is 12.1 Å². The first-order chi connectivity index (χ1) is 15.2. The lowest BCUT2D eigenvalue weighted by Crippen LogP contribution is -2.16. The topological polar surface area (TPSA) is 23.4 Å². The first kappa shape index (κ1) is 19.8. The summed E-state index contributed by atoms with van der Waals surface area (Å²) in [6, 6.07) is 21.2. The molecule has 1 aromatic heterocycles. The molecule has 0 saturated carbocycles. The number of hydrogen-bond donors (Lipinski definition) is 0. The summed E-state index contributed by atoms with van der Waals surface area (Å²) < 4.78 is 41.9. The minimum atomic E-state index is -0.365. The van der Waals surface area contributed by atoms with E-state index in [1.807, 2.05) is 34.9 Å². The molecule has 0 amide bonds. The zero-order chi connectivity index (χ0) is 21.2. The average molecular weight is 419 g/mol. The molecule has 5 rings (SSSR count). The molecule has 1 saturated heterocycles. The highest BCUT2D eigenvalue weighted by Crippen LogP contribution is 2.38. The predicted molar refractivity (Wildman–Crippen MR) is 117 cm³/mol. The van der Waals surface area contributed by atoms with E-state index >= 15 is 0 Å². The Morgan fingerprint density at radius 3 is 2.35 bits per heavy atom. The molecular weight excluding hydrogens is 396 g/mol. The van der Waals surface area contributed by atoms with E-state index in [0.717, 1.165) is 40.7 Å². The summed E-state index contributed by atoms with van der Waals surface area (Å²) in [4.78, 5) is 0. The molecule has 5 heteroatoms. The van der Waals surface area contributed by atoms with Gasteiger partial charge < -0.3 is 14.0 Å². The summed E-state index contributed by atoms with van der Waals surface area (Å²) in [5.74, 6) is 0.116. The summed E-state index contributed by atoms with van der Waals surface area (Å²) in [5, 5.41) is 0.850. The van der Waals surface area contributed by atoms with E-state index in [1.165, 1.54) is 24.3 Å². The molecule has 158 valence electrons. The van der Waals surface area contributed by atoms with Gasteiger partial charge in [0.1, 0.15) is 24.0 Å². The Hall–Kier alpha value is -3.18. The quantitative estimate of drug-likeness (QED) is 0.375. The summed E-state index contributed by atoms with van der Waals surface area (Å²) in [7, 11) is 0. The van der Waals surface area contributed by atoms with Crippen molar-refractivity contribution in [1.29, 1.82) is 0 Å². The number of aromatic nitrogens is 1. The highest BCUT2D eigenvalue weighted by Gasteiger charge is 2.24. The van der Waals surface area contributed by atoms with Crippen molar-refractivity contribution in [2.24, 2.45) is 0 Å². The van der Waals surface area contributed by atoms with Crippen molar-refractivity contribution in [3.63, 3.8) is 0 Å². The van der Waals surface area contributed by atoms with Gasteiger partial charge >= 0.3 is 0 Å². The summed E-state index contributed by atoms with van der Waals surface area (Å²) in [6.45, 7) is 1.75. The normalized spacial score (nSPS) is 14.8. The number of halogens is 2. The van der Waals surface area contributed by atoms with Gasteiger partial charge in [-0.2, -0.15) is 0 Å². The van der Waals surface area contributed by atoms with Crippen LogP contribution in [0.1, 0.15) is 30.0 Å². The Kier molecular flexibility index (Phi) is 5.43. The molecule has 0 radical (unpaired) electrons. The average Bonchev–Trinajstić information content (AvgIpc) is 3.19. The van der Waals surface area contributed by atoms with Crippen LogP contribution in [0.5, 0.6) is 5.75 Å². The maximum atomic E-state index is 14.7. The van der Waals surface area contributed by atoms with E-state index in [4.69, 9.17) is 9.47 Å². The Balaban J connectivity index is 1.63. The Morgan fingerprint density at radius 2 is 1.61 bits per heavy atom. The monoisotopic (exact) mass is 419 g/mol. The van der Waals surface area contributed by atoms with Crippen molar-refractivity contribution in [2.45, 2.75) is 25.4 Å². The highest BCUT2D eigenvalue weighted by molar-refractivity contribution is 5.89. The van der Waals surface area contributed by atoms with Gasteiger partial charge in [-0.15, -0.1) is 0 Å². The van der Waals surface area contributed by atoms with Crippen molar-refractivity contribution in [3.05, 3.63) is 95.7 Å². The van der Waals surface area contributed by atoms with E-state index in [0.29, 0.717) is 25.6 Å². The van der Waals surface area contributed by atoms with Gasteiger partial charge in [-0.1, -0.05) is 30.3 Å². The zero-order valence-corrected chi connectivity index (χ0v) is 17.1. The minimum absolute atomic E-state index is 0.274. The third-order valence-corrected chi connectivity index (χ3v) is 5.84. The van der Waals surface area contributed by atoms with Gasteiger partial charge in [-0.25, -0.2) is 8.78 Å². The maximum Gasteiger partial charge on any atom is 0.132 e. The standard InChI is InChI=1S/C26H23F2NO2/c27-20-6-8-22(9-7-20)29-24(19-10-12-30-13-11-19)16-23-25(29)14-21(28)15-26(23)31-17-18-4-2-1-3-5-18/h1-9,14-16,19H,10-13,17H2. The lowest BCUT2D eigenvalue weighted by Gasteiger charge is -2.24. The predicted octanol–water partition coefficient (Wildman–Crippen LogP) is 6.38. The fourth-order valence-electron chi connectivity index (χ4n) is 4.29. The van der Waals surface area contributed by atoms with Gasteiger partial charge in [0, 0.05) is 42.0 Å². The SMILES string of the molecule is Fc1ccc(-n2c(C3CCOCC3)cc3c(OCc4ccccc4)cc(F)cc32)cc1. The smallest absolute Gasteiger partial charge is 0.132 e. The van der Waals surface area contributed by atoms with Gasteiger partial charge in [0.15, 0.2) is 0 Å². The van der Waals surface area contributed by atoms with Crippen molar-refractivity contribution in [1.82, 2.24) is 4.57 Å². The van der Waals surface area contributed by atoms with Crippen molar-refractivity contribution < 1.29 is 18.3 Å². The van der Waals surface area contributed by atoms with Crippen molar-refractivity contribution >= 4 is 10.9 Å². The number of hydrogen-bond acceptors (Lipinski definition) is 2. The fourth-order valence-corrected chi connectivity index (χ4v) is 4.29. The number of nitrogens with zero attached hydrogens (tertiary/aromatic N) is 1. The molecule has 3 aromatic carbocycles. The molecule has 31 heavy (non-hydrogen) atoms. The van der Waals surface area contributed by atoms with Crippen molar-refractivity contribution in [3.8, 4) is 11.4 Å². The van der Waals surface area contributed by atoms with Crippen LogP contribution in [-0.4, -0.2) is 17.8 Å². The first-order valence-corrected chi connectivity index (χ1v) is 10.5. The molecule has 1 aliphatic rings. The van der Waals surface area contributed by atoms with Gasteiger partial charge in [-0.05, 0) is 54.8 Å². The second-order valence-corrected chi connectivity index (χ2v) is 7.88. The van der Waals surface area contributed by atoms with Gasteiger partial charge in [-0.3, -0.25) is 0 Å². The molecule has 0 bridgehead atoms. The molecule has 0 aliphatic carbocycles. The lowest BCUT2D eigenvalue weighted by atomic mass is 9.96. The maximum absolute atomic E-state index is 14.7. The first-order valence-electron chi connectivity index (χ1n) is 10.5. The Morgan fingerprint density at radius 1 is 0.871 bits per heavy atom. The Bertz CT molecular complexity index is 1180. The highest BCUT2D eigenvalue weighted by atomic mass is 19.1. The minimum Gasteiger partial charge on any atom is -0.488 e. The molecule has 3 nitrogen and oxygen atoms in total. The van der Waals surface area contributed by atoms with Crippen molar-refractivity contribution in [2.75, 3.05) is 13.2 Å². The molecule has 0 N–H and O–H groups in total. The number of ether oxygens (including phenoxy) is 2. The van der Waals surface area contributed by atoms with Crippen LogP contribution in [0.2, 0.25) is 0 Å². The van der Waals surface area contributed by atoms with Crippen LogP contribution < -0.4 is 4.74 Å². The largest absolute Gasteiger partial charge is 0.488 e. The zero-order valence-electron chi connectivity index (χ0n) is 17.1. The van der Waals surface area contributed by atoms with Crippen LogP contribution in [0.4, 0.5) is 8.78 Å². The van der Waals surface area contributed by atoms with E-state index in [2.05, 4.69) is 6.07 Å².